The molecular weight excluding hydrogens is 424 g/mol. The molecule has 0 unspecified atom stereocenters. The second-order valence-corrected chi connectivity index (χ2v) is 8.15. The third-order valence-corrected chi connectivity index (χ3v) is 5.86. The molecule has 1 aliphatic rings. The summed E-state index contributed by atoms with van der Waals surface area (Å²) in [7, 11) is 1.93. The van der Waals surface area contributed by atoms with Gasteiger partial charge in [0.1, 0.15) is 0 Å². The lowest BCUT2D eigenvalue weighted by atomic mass is 10.1. The van der Waals surface area contributed by atoms with Gasteiger partial charge in [-0.05, 0) is 36.5 Å². The van der Waals surface area contributed by atoms with E-state index in [2.05, 4.69) is 5.43 Å². The highest BCUT2D eigenvalue weighted by atomic mass is 32.2. The van der Waals surface area contributed by atoms with Crippen LogP contribution in [0, 0.1) is 10.1 Å². The van der Waals surface area contributed by atoms with E-state index >= 15 is 0 Å². The lowest BCUT2D eigenvalue weighted by Crippen LogP contribution is -2.44. The summed E-state index contributed by atoms with van der Waals surface area (Å²) in [4.78, 5) is 35.8. The number of thioether (sulfide) groups is 1. The summed E-state index contributed by atoms with van der Waals surface area (Å²) in [5.41, 5.74) is 4.42. The van der Waals surface area contributed by atoms with Gasteiger partial charge in [0.2, 0.25) is 0 Å². The van der Waals surface area contributed by atoms with Gasteiger partial charge in [0.15, 0.2) is 4.32 Å². The van der Waals surface area contributed by atoms with E-state index in [0.717, 1.165) is 33.2 Å². The molecule has 10 heteroatoms. The minimum atomic E-state index is -0.590. The number of thiocarbonyl (C=S) groups is 1. The van der Waals surface area contributed by atoms with E-state index < -0.39 is 16.7 Å². The summed E-state index contributed by atoms with van der Waals surface area (Å²) in [5.74, 6) is -1.03. The van der Waals surface area contributed by atoms with Crippen LogP contribution in [0.3, 0.4) is 0 Å². The van der Waals surface area contributed by atoms with Gasteiger partial charge in [0.25, 0.3) is 17.5 Å². The number of hydrogen-bond donors (Lipinski definition) is 1. The largest absolute Gasteiger partial charge is 0.350 e. The molecule has 1 aliphatic heterocycles. The van der Waals surface area contributed by atoms with Crippen LogP contribution in [0.2, 0.25) is 0 Å². The van der Waals surface area contributed by atoms with Gasteiger partial charge in [0, 0.05) is 47.4 Å². The van der Waals surface area contributed by atoms with Crippen molar-refractivity contribution in [3.8, 4) is 0 Å². The van der Waals surface area contributed by atoms with Crippen LogP contribution in [0.15, 0.2) is 59.6 Å². The first-order valence-corrected chi connectivity index (χ1v) is 9.95. The second-order valence-electron chi connectivity index (χ2n) is 6.47. The molecule has 1 N–H and O–H groups in total. The van der Waals surface area contributed by atoms with Gasteiger partial charge < -0.3 is 4.57 Å². The molecule has 0 spiro atoms. The Balaban J connectivity index is 1.56. The van der Waals surface area contributed by atoms with E-state index in [0.29, 0.717) is 4.91 Å². The number of nitro benzene ring substituents is 1. The van der Waals surface area contributed by atoms with Gasteiger partial charge >= 0.3 is 0 Å². The smallest absolute Gasteiger partial charge is 0.285 e. The number of non-ortho nitro benzene ring substituents is 1. The molecule has 0 atom stereocenters. The Hall–Kier alpha value is -3.50. The SMILES string of the molecule is Cn1cc(C=C2SC(=S)N(NC(=O)c3ccc([N+](=O)[O-])cc3)C2=O)c2ccccc21. The molecule has 0 bridgehead atoms. The van der Waals surface area contributed by atoms with Crippen LogP contribution < -0.4 is 5.43 Å². The number of nitrogens with zero attached hydrogens (tertiary/aromatic N) is 3. The number of nitrogens with one attached hydrogen (secondary N) is 1. The summed E-state index contributed by atoms with van der Waals surface area (Å²) < 4.78 is 2.17. The lowest BCUT2D eigenvalue weighted by molar-refractivity contribution is -0.384. The maximum absolute atomic E-state index is 12.8. The van der Waals surface area contributed by atoms with Crippen LogP contribution in [-0.4, -0.2) is 30.6 Å². The lowest BCUT2D eigenvalue weighted by Gasteiger charge is -2.15. The van der Waals surface area contributed by atoms with Crippen molar-refractivity contribution in [3.05, 3.63) is 80.9 Å². The average Bonchev–Trinajstić information content (AvgIpc) is 3.19. The highest BCUT2D eigenvalue weighted by Gasteiger charge is 2.34. The minimum absolute atomic E-state index is 0.129. The van der Waals surface area contributed by atoms with Crippen molar-refractivity contribution in [1.29, 1.82) is 0 Å². The quantitative estimate of drug-likeness (QED) is 0.289. The number of carbonyl (C=O) groups excluding carboxylic acids is 2. The molecule has 3 aromatic rings. The number of hydrogen-bond acceptors (Lipinski definition) is 6. The van der Waals surface area contributed by atoms with E-state index in [4.69, 9.17) is 12.2 Å². The number of benzene rings is 2. The van der Waals surface area contributed by atoms with E-state index in [1.54, 1.807) is 6.08 Å². The zero-order valence-corrected chi connectivity index (χ0v) is 17.2. The molecule has 1 saturated heterocycles. The Morgan fingerprint density at radius 3 is 2.60 bits per heavy atom. The van der Waals surface area contributed by atoms with Gasteiger partial charge in [-0.2, -0.15) is 5.01 Å². The fraction of sp³-hybridized carbons (Fsp3) is 0.0500. The van der Waals surface area contributed by atoms with Crippen molar-refractivity contribution >= 4 is 62.8 Å². The molecule has 0 saturated carbocycles. The molecule has 1 aromatic heterocycles. The summed E-state index contributed by atoms with van der Waals surface area (Å²) in [6.07, 6.45) is 3.67. The monoisotopic (exact) mass is 438 g/mol. The van der Waals surface area contributed by atoms with Crippen LogP contribution in [0.5, 0.6) is 0 Å². The van der Waals surface area contributed by atoms with Gasteiger partial charge in [0.05, 0.1) is 9.83 Å². The highest BCUT2D eigenvalue weighted by Crippen LogP contribution is 2.33. The molecule has 0 aliphatic carbocycles. The van der Waals surface area contributed by atoms with E-state index in [9.17, 15) is 19.7 Å². The molecule has 150 valence electrons. The number of aromatic nitrogens is 1. The number of carbonyl (C=O) groups is 2. The number of rotatable bonds is 4. The first-order valence-electron chi connectivity index (χ1n) is 8.72. The maximum atomic E-state index is 12.8. The minimum Gasteiger partial charge on any atom is -0.350 e. The highest BCUT2D eigenvalue weighted by molar-refractivity contribution is 8.26. The van der Waals surface area contributed by atoms with Crippen LogP contribution in [0.1, 0.15) is 15.9 Å². The molecule has 1 fully saturated rings. The maximum Gasteiger partial charge on any atom is 0.285 e. The number of para-hydroxylation sites is 1. The Morgan fingerprint density at radius 2 is 1.90 bits per heavy atom. The zero-order chi connectivity index (χ0) is 21.4. The third-order valence-electron chi connectivity index (χ3n) is 4.56. The van der Waals surface area contributed by atoms with Crippen molar-refractivity contribution in [2.75, 3.05) is 0 Å². The number of hydrazine groups is 1. The van der Waals surface area contributed by atoms with Crippen molar-refractivity contribution in [1.82, 2.24) is 15.0 Å². The summed E-state index contributed by atoms with van der Waals surface area (Å²) in [6.45, 7) is 0. The standard InChI is InChI=1S/C20H14N4O4S2/c1-22-11-13(15-4-2-3-5-16(15)22)10-17-19(26)23(20(29)30-17)21-18(25)12-6-8-14(9-7-12)24(27)28/h2-11H,1H3,(H,21,25). The first-order chi connectivity index (χ1) is 14.3. The van der Waals surface area contributed by atoms with E-state index in [-0.39, 0.29) is 15.6 Å². The van der Waals surface area contributed by atoms with Crippen LogP contribution in [0.25, 0.3) is 17.0 Å². The summed E-state index contributed by atoms with van der Waals surface area (Å²) >= 11 is 6.35. The summed E-state index contributed by atoms with van der Waals surface area (Å²) in [6, 6.07) is 12.9. The van der Waals surface area contributed by atoms with E-state index in [1.807, 2.05) is 42.1 Å². The number of aryl methyl sites for hydroxylation is 1. The number of nitro groups is 1. The Morgan fingerprint density at radius 1 is 1.20 bits per heavy atom. The third kappa shape index (κ3) is 3.58. The zero-order valence-electron chi connectivity index (χ0n) is 15.6. The van der Waals surface area contributed by atoms with Crippen molar-refractivity contribution in [2.24, 2.45) is 7.05 Å². The van der Waals surface area contributed by atoms with E-state index in [1.165, 1.54) is 24.3 Å². The normalized spacial score (nSPS) is 15.2. The van der Waals surface area contributed by atoms with Gasteiger partial charge in [-0.25, -0.2) is 0 Å². The predicted octanol–water partition coefficient (Wildman–Crippen LogP) is 3.63. The Labute approximate surface area is 180 Å². The van der Waals surface area contributed by atoms with Crippen LogP contribution in [0.4, 0.5) is 5.69 Å². The molecular formula is C20H14N4O4S2. The predicted molar refractivity (Wildman–Crippen MR) is 118 cm³/mol. The molecule has 4 rings (SSSR count). The molecule has 2 aromatic carbocycles. The van der Waals surface area contributed by atoms with Gasteiger partial charge in [-0.3, -0.25) is 25.1 Å². The van der Waals surface area contributed by atoms with Crippen molar-refractivity contribution < 1.29 is 14.5 Å². The van der Waals surface area contributed by atoms with Crippen molar-refractivity contribution in [2.45, 2.75) is 0 Å². The van der Waals surface area contributed by atoms with Crippen molar-refractivity contribution in [3.63, 3.8) is 0 Å². The molecule has 0 radical (unpaired) electrons. The molecule has 2 amide bonds. The Bertz CT molecular complexity index is 1250. The summed E-state index contributed by atoms with van der Waals surface area (Å²) in [5, 5.41) is 12.8. The topological polar surface area (TPSA) is 97.5 Å². The molecule has 8 nitrogen and oxygen atoms in total. The first kappa shape index (κ1) is 19.8. The molecule has 30 heavy (non-hydrogen) atoms. The molecule has 2 heterocycles. The fourth-order valence-corrected chi connectivity index (χ4v) is 4.26. The van der Waals surface area contributed by atoms with Gasteiger partial charge in [-0.1, -0.05) is 30.0 Å². The van der Waals surface area contributed by atoms with Gasteiger partial charge in [-0.15, -0.1) is 0 Å². The second kappa shape index (κ2) is 7.73. The van der Waals surface area contributed by atoms with Crippen LogP contribution >= 0.6 is 24.0 Å². The average molecular weight is 438 g/mol. The number of fused-ring (bicyclic) bond motifs is 1. The fourth-order valence-electron chi connectivity index (χ4n) is 3.09. The number of amides is 2. The van der Waals surface area contributed by atoms with Crippen LogP contribution in [-0.2, 0) is 11.8 Å². The Kier molecular flexibility index (Phi) is 5.10.